The fraction of sp³-hybridized carbons (Fsp3) is 0.375. The van der Waals surface area contributed by atoms with Crippen molar-refractivity contribution in [3.05, 3.63) is 41.2 Å². The Hall–Kier alpha value is -2.17. The molecule has 114 valence electrons. The molecule has 0 aliphatic heterocycles. The van der Waals surface area contributed by atoms with Gasteiger partial charge < -0.3 is 10.4 Å². The van der Waals surface area contributed by atoms with Crippen molar-refractivity contribution in [2.75, 3.05) is 6.54 Å². The largest absolute Gasteiger partial charge is 0.478 e. The Kier molecular flexibility index (Phi) is 6.09. The molecule has 2 N–H and O–H groups in total. The van der Waals surface area contributed by atoms with Gasteiger partial charge in [-0.25, -0.2) is 9.18 Å². The van der Waals surface area contributed by atoms with Crippen LogP contribution >= 0.6 is 0 Å². The first-order chi connectivity index (χ1) is 9.81. The second kappa shape index (κ2) is 7.57. The van der Waals surface area contributed by atoms with Crippen molar-refractivity contribution in [1.29, 1.82) is 0 Å². The Morgan fingerprint density at radius 2 is 2.00 bits per heavy atom. The number of hydrogen-bond donors (Lipinski definition) is 2. The molecule has 4 nitrogen and oxygen atoms in total. The predicted molar refractivity (Wildman–Crippen MR) is 79.4 cm³/mol. The average molecular weight is 293 g/mol. The van der Waals surface area contributed by atoms with Crippen LogP contribution in [0.3, 0.4) is 0 Å². The number of amides is 1. The summed E-state index contributed by atoms with van der Waals surface area (Å²) in [5, 5.41) is 11.2. The van der Waals surface area contributed by atoms with Crippen molar-refractivity contribution in [1.82, 2.24) is 5.32 Å². The van der Waals surface area contributed by atoms with Crippen LogP contribution in [0.5, 0.6) is 0 Å². The van der Waals surface area contributed by atoms with Crippen molar-refractivity contribution in [2.24, 2.45) is 11.8 Å². The highest BCUT2D eigenvalue weighted by atomic mass is 19.1. The van der Waals surface area contributed by atoms with Gasteiger partial charge in [-0.1, -0.05) is 26.8 Å². The van der Waals surface area contributed by atoms with Gasteiger partial charge in [0.1, 0.15) is 5.82 Å². The third-order valence-electron chi connectivity index (χ3n) is 3.38. The lowest BCUT2D eigenvalue weighted by molar-refractivity contribution is -0.131. The molecule has 1 rings (SSSR count). The third-order valence-corrected chi connectivity index (χ3v) is 3.38. The molecule has 0 saturated carbocycles. The first kappa shape index (κ1) is 16.9. The molecular formula is C16H20FNO3. The molecule has 1 aromatic carbocycles. The zero-order valence-electron chi connectivity index (χ0n) is 12.4. The topological polar surface area (TPSA) is 66.4 Å². The van der Waals surface area contributed by atoms with Gasteiger partial charge in [0.2, 0.25) is 0 Å². The van der Waals surface area contributed by atoms with Gasteiger partial charge >= 0.3 is 5.97 Å². The van der Waals surface area contributed by atoms with Gasteiger partial charge in [0.25, 0.3) is 5.91 Å². The molecular weight excluding hydrogens is 273 g/mol. The van der Waals surface area contributed by atoms with Crippen molar-refractivity contribution in [3.8, 4) is 0 Å². The minimum Gasteiger partial charge on any atom is -0.478 e. The van der Waals surface area contributed by atoms with Gasteiger partial charge in [-0.3, -0.25) is 4.79 Å². The summed E-state index contributed by atoms with van der Waals surface area (Å²) in [5.41, 5.74) is 0.348. The number of hydrogen-bond acceptors (Lipinski definition) is 2. The van der Waals surface area contributed by atoms with Crippen LogP contribution in [0.25, 0.3) is 6.08 Å². The number of aliphatic carboxylic acids is 1. The highest BCUT2D eigenvalue weighted by molar-refractivity contribution is 5.94. The SMILES string of the molecule is CC(C)C(C)CNC(=O)c1ccc(C=CC(=O)O)cc1F. The molecule has 0 spiro atoms. The van der Waals surface area contributed by atoms with Gasteiger partial charge in [-0.05, 0) is 35.6 Å². The Labute approximate surface area is 123 Å². The van der Waals surface area contributed by atoms with Gasteiger partial charge in [0.05, 0.1) is 5.56 Å². The maximum atomic E-state index is 13.9. The van der Waals surface area contributed by atoms with Crippen molar-refractivity contribution >= 4 is 18.0 Å². The van der Waals surface area contributed by atoms with Crippen LogP contribution in [0.2, 0.25) is 0 Å². The summed E-state index contributed by atoms with van der Waals surface area (Å²) < 4.78 is 13.9. The molecule has 0 aromatic heterocycles. The molecule has 0 heterocycles. The molecule has 0 bridgehead atoms. The molecule has 0 saturated heterocycles. The van der Waals surface area contributed by atoms with E-state index in [1.54, 1.807) is 0 Å². The van der Waals surface area contributed by atoms with E-state index in [0.717, 1.165) is 12.1 Å². The number of benzene rings is 1. The van der Waals surface area contributed by atoms with E-state index >= 15 is 0 Å². The van der Waals surface area contributed by atoms with Crippen LogP contribution in [0.15, 0.2) is 24.3 Å². The van der Waals surface area contributed by atoms with E-state index in [-0.39, 0.29) is 5.56 Å². The Morgan fingerprint density at radius 1 is 1.33 bits per heavy atom. The smallest absolute Gasteiger partial charge is 0.328 e. The number of carboxylic acid groups (broad SMARTS) is 1. The van der Waals surface area contributed by atoms with E-state index in [4.69, 9.17) is 5.11 Å². The highest BCUT2D eigenvalue weighted by Crippen LogP contribution is 2.13. The lowest BCUT2D eigenvalue weighted by Gasteiger charge is -2.16. The molecule has 0 aliphatic rings. The molecule has 0 fully saturated rings. The van der Waals surface area contributed by atoms with Crippen molar-refractivity contribution in [3.63, 3.8) is 0 Å². The van der Waals surface area contributed by atoms with E-state index in [0.29, 0.717) is 23.9 Å². The minimum absolute atomic E-state index is 0.0431. The van der Waals surface area contributed by atoms with Crippen LogP contribution < -0.4 is 5.32 Å². The molecule has 0 radical (unpaired) electrons. The predicted octanol–water partition coefficient (Wildman–Crippen LogP) is 2.95. The zero-order chi connectivity index (χ0) is 16.0. The second-order valence-electron chi connectivity index (χ2n) is 5.34. The van der Waals surface area contributed by atoms with Crippen LogP contribution in [-0.4, -0.2) is 23.5 Å². The molecule has 5 heteroatoms. The van der Waals surface area contributed by atoms with E-state index in [1.165, 1.54) is 18.2 Å². The first-order valence-electron chi connectivity index (χ1n) is 6.80. The highest BCUT2D eigenvalue weighted by Gasteiger charge is 2.14. The zero-order valence-corrected chi connectivity index (χ0v) is 12.4. The summed E-state index contributed by atoms with van der Waals surface area (Å²) in [6.07, 6.45) is 2.19. The molecule has 1 aromatic rings. The van der Waals surface area contributed by atoms with Crippen LogP contribution in [0, 0.1) is 17.7 Å². The number of carboxylic acids is 1. The maximum absolute atomic E-state index is 13.9. The molecule has 0 aliphatic carbocycles. The third kappa shape index (κ3) is 5.38. The van der Waals surface area contributed by atoms with Crippen LogP contribution in [-0.2, 0) is 4.79 Å². The molecule has 21 heavy (non-hydrogen) atoms. The molecule has 1 unspecified atom stereocenters. The van der Waals surface area contributed by atoms with Gasteiger partial charge in [-0.2, -0.15) is 0 Å². The molecule has 1 atom stereocenters. The number of carbonyl (C=O) groups is 2. The Bertz CT molecular complexity index is 552. The fourth-order valence-electron chi connectivity index (χ4n) is 1.57. The second-order valence-corrected chi connectivity index (χ2v) is 5.34. The van der Waals surface area contributed by atoms with E-state index in [1.807, 2.05) is 6.92 Å². The Morgan fingerprint density at radius 3 is 2.52 bits per heavy atom. The van der Waals surface area contributed by atoms with Gasteiger partial charge in [0.15, 0.2) is 0 Å². The van der Waals surface area contributed by atoms with E-state index in [9.17, 15) is 14.0 Å². The molecule has 1 amide bonds. The summed E-state index contributed by atoms with van der Waals surface area (Å²) in [5.74, 6) is -1.51. The summed E-state index contributed by atoms with van der Waals surface area (Å²) in [7, 11) is 0. The summed E-state index contributed by atoms with van der Waals surface area (Å²) in [6, 6.07) is 4.00. The lowest BCUT2D eigenvalue weighted by atomic mass is 9.98. The standard InChI is InChI=1S/C16H20FNO3/c1-10(2)11(3)9-18-16(21)13-6-4-12(8-14(13)17)5-7-15(19)20/h4-8,10-11H,9H2,1-3H3,(H,18,21)(H,19,20). The number of carbonyl (C=O) groups excluding carboxylic acids is 1. The average Bonchev–Trinajstić information content (AvgIpc) is 2.42. The number of halogens is 1. The maximum Gasteiger partial charge on any atom is 0.328 e. The quantitative estimate of drug-likeness (QED) is 0.792. The monoisotopic (exact) mass is 293 g/mol. The minimum atomic E-state index is -1.11. The normalized spacial score (nSPS) is 12.6. The Balaban J connectivity index is 2.75. The van der Waals surface area contributed by atoms with E-state index < -0.39 is 17.7 Å². The lowest BCUT2D eigenvalue weighted by Crippen LogP contribution is -2.30. The van der Waals surface area contributed by atoms with E-state index in [2.05, 4.69) is 19.2 Å². The van der Waals surface area contributed by atoms with Crippen molar-refractivity contribution in [2.45, 2.75) is 20.8 Å². The summed E-state index contributed by atoms with van der Waals surface area (Å²) >= 11 is 0. The summed E-state index contributed by atoms with van der Waals surface area (Å²) in [4.78, 5) is 22.3. The van der Waals surface area contributed by atoms with Crippen LogP contribution in [0.1, 0.15) is 36.7 Å². The van der Waals surface area contributed by atoms with Crippen molar-refractivity contribution < 1.29 is 19.1 Å². The van der Waals surface area contributed by atoms with Gasteiger partial charge in [-0.15, -0.1) is 0 Å². The fourth-order valence-corrected chi connectivity index (χ4v) is 1.57. The number of nitrogens with one attached hydrogen (secondary N) is 1. The van der Waals surface area contributed by atoms with Gasteiger partial charge in [0, 0.05) is 12.6 Å². The first-order valence-corrected chi connectivity index (χ1v) is 6.80. The summed E-state index contributed by atoms with van der Waals surface area (Å²) in [6.45, 7) is 6.61. The number of rotatable bonds is 6. The van der Waals surface area contributed by atoms with Crippen LogP contribution in [0.4, 0.5) is 4.39 Å².